The van der Waals surface area contributed by atoms with Crippen LogP contribution in [0.15, 0.2) is 36.4 Å². The number of fused-ring (bicyclic) bond motifs is 4. The van der Waals surface area contributed by atoms with E-state index in [0.717, 1.165) is 28.5 Å². The SMILES string of the molecule is CCc1ccc2c(c1)c1nc3cc(C(=O)[O-])ccc3nc1n2C. The Kier molecular flexibility index (Phi) is 2.84. The molecular formula is C18H14N3O2-. The van der Waals surface area contributed by atoms with Crippen LogP contribution in [-0.2, 0) is 13.5 Å². The van der Waals surface area contributed by atoms with Gasteiger partial charge < -0.3 is 14.5 Å². The van der Waals surface area contributed by atoms with E-state index in [-0.39, 0.29) is 5.56 Å². The highest BCUT2D eigenvalue weighted by atomic mass is 16.4. The fourth-order valence-electron chi connectivity index (χ4n) is 2.99. The van der Waals surface area contributed by atoms with Gasteiger partial charge >= 0.3 is 0 Å². The minimum absolute atomic E-state index is 0.112. The summed E-state index contributed by atoms with van der Waals surface area (Å²) in [5, 5.41) is 12.1. The van der Waals surface area contributed by atoms with Crippen molar-refractivity contribution in [2.75, 3.05) is 0 Å². The number of carboxylic acids is 1. The highest BCUT2D eigenvalue weighted by Gasteiger charge is 2.13. The zero-order valence-corrected chi connectivity index (χ0v) is 12.8. The minimum atomic E-state index is -1.21. The topological polar surface area (TPSA) is 70.8 Å². The van der Waals surface area contributed by atoms with Crippen molar-refractivity contribution in [3.63, 3.8) is 0 Å². The Labute approximate surface area is 132 Å². The second-order valence-electron chi connectivity index (χ2n) is 5.65. The third-order valence-electron chi connectivity index (χ3n) is 4.28. The number of nitrogens with zero attached hydrogens (tertiary/aromatic N) is 3. The lowest BCUT2D eigenvalue weighted by atomic mass is 10.1. The highest BCUT2D eigenvalue weighted by Crippen LogP contribution is 2.28. The van der Waals surface area contributed by atoms with Crippen LogP contribution in [0.5, 0.6) is 0 Å². The normalized spacial score (nSPS) is 11.6. The van der Waals surface area contributed by atoms with Crippen molar-refractivity contribution >= 4 is 39.1 Å². The van der Waals surface area contributed by atoms with Gasteiger partial charge in [-0.1, -0.05) is 19.1 Å². The predicted octanol–water partition coefficient (Wildman–Crippen LogP) is 2.20. The Bertz CT molecular complexity index is 1100. The van der Waals surface area contributed by atoms with Crippen molar-refractivity contribution in [2.24, 2.45) is 7.05 Å². The van der Waals surface area contributed by atoms with Crippen LogP contribution in [0.3, 0.4) is 0 Å². The number of hydrogen-bond donors (Lipinski definition) is 0. The fourth-order valence-corrected chi connectivity index (χ4v) is 2.99. The van der Waals surface area contributed by atoms with Crippen molar-refractivity contribution in [3.05, 3.63) is 47.5 Å². The Hall–Kier alpha value is -2.95. The number of aryl methyl sites for hydroxylation is 2. The first-order chi connectivity index (χ1) is 11.1. The van der Waals surface area contributed by atoms with E-state index in [1.54, 1.807) is 6.07 Å². The van der Waals surface area contributed by atoms with Crippen molar-refractivity contribution in [1.29, 1.82) is 0 Å². The van der Waals surface area contributed by atoms with Crippen LogP contribution in [0.2, 0.25) is 0 Å². The third-order valence-corrected chi connectivity index (χ3v) is 4.28. The molecule has 0 aliphatic heterocycles. The molecule has 0 aliphatic carbocycles. The predicted molar refractivity (Wildman–Crippen MR) is 87.2 cm³/mol. The Balaban J connectivity index is 2.13. The Morgan fingerprint density at radius 3 is 2.70 bits per heavy atom. The quantitative estimate of drug-likeness (QED) is 0.569. The maximum Gasteiger partial charge on any atom is 0.160 e. The van der Waals surface area contributed by atoms with E-state index in [1.807, 2.05) is 11.6 Å². The minimum Gasteiger partial charge on any atom is -0.545 e. The van der Waals surface area contributed by atoms with E-state index < -0.39 is 5.97 Å². The van der Waals surface area contributed by atoms with Crippen molar-refractivity contribution < 1.29 is 9.90 Å². The highest BCUT2D eigenvalue weighted by molar-refractivity contribution is 6.07. The van der Waals surface area contributed by atoms with Gasteiger partial charge in [-0.3, -0.25) is 0 Å². The average molecular weight is 304 g/mol. The summed E-state index contributed by atoms with van der Waals surface area (Å²) in [6.07, 6.45) is 0.947. The molecule has 23 heavy (non-hydrogen) atoms. The summed E-state index contributed by atoms with van der Waals surface area (Å²) in [6.45, 7) is 2.11. The molecule has 0 radical (unpaired) electrons. The van der Waals surface area contributed by atoms with E-state index in [4.69, 9.17) is 0 Å². The van der Waals surface area contributed by atoms with Crippen LogP contribution >= 0.6 is 0 Å². The van der Waals surface area contributed by atoms with Gasteiger partial charge in [0.1, 0.15) is 5.52 Å². The van der Waals surface area contributed by atoms with Crippen LogP contribution in [-0.4, -0.2) is 20.5 Å². The van der Waals surface area contributed by atoms with Crippen molar-refractivity contribution in [3.8, 4) is 0 Å². The molecule has 5 nitrogen and oxygen atoms in total. The van der Waals surface area contributed by atoms with Gasteiger partial charge in [-0.05, 0) is 41.8 Å². The summed E-state index contributed by atoms with van der Waals surface area (Å²) in [6, 6.07) is 11.0. The molecule has 0 amide bonds. The lowest BCUT2D eigenvalue weighted by Gasteiger charge is -2.04. The first kappa shape index (κ1) is 13.7. The van der Waals surface area contributed by atoms with Crippen LogP contribution < -0.4 is 5.11 Å². The number of carbonyl (C=O) groups excluding carboxylic acids is 1. The molecule has 2 aromatic carbocycles. The van der Waals surface area contributed by atoms with Gasteiger partial charge in [0.05, 0.1) is 22.5 Å². The molecule has 0 N–H and O–H groups in total. The van der Waals surface area contributed by atoms with Gasteiger partial charge in [-0.25, -0.2) is 9.97 Å². The van der Waals surface area contributed by atoms with Gasteiger partial charge in [0.25, 0.3) is 0 Å². The number of hydrogen-bond acceptors (Lipinski definition) is 4. The maximum atomic E-state index is 11.0. The monoisotopic (exact) mass is 304 g/mol. The van der Waals surface area contributed by atoms with E-state index >= 15 is 0 Å². The van der Waals surface area contributed by atoms with Gasteiger partial charge in [0.15, 0.2) is 5.65 Å². The summed E-state index contributed by atoms with van der Waals surface area (Å²) in [5.41, 5.74) is 5.23. The zero-order chi connectivity index (χ0) is 16.1. The number of rotatable bonds is 2. The van der Waals surface area contributed by atoms with Crippen LogP contribution in [0.4, 0.5) is 0 Å². The lowest BCUT2D eigenvalue weighted by molar-refractivity contribution is -0.255. The molecule has 0 fully saturated rings. The van der Waals surface area contributed by atoms with E-state index in [9.17, 15) is 9.90 Å². The zero-order valence-electron chi connectivity index (χ0n) is 12.8. The molecule has 0 saturated heterocycles. The second kappa shape index (κ2) is 4.78. The largest absolute Gasteiger partial charge is 0.545 e. The summed E-state index contributed by atoms with van der Waals surface area (Å²) in [4.78, 5) is 20.4. The van der Waals surface area contributed by atoms with E-state index in [0.29, 0.717) is 11.0 Å². The number of benzene rings is 2. The summed E-state index contributed by atoms with van der Waals surface area (Å²) >= 11 is 0. The molecule has 114 valence electrons. The van der Waals surface area contributed by atoms with Gasteiger partial charge in [0.2, 0.25) is 0 Å². The van der Waals surface area contributed by atoms with Crippen molar-refractivity contribution in [2.45, 2.75) is 13.3 Å². The molecular weight excluding hydrogens is 290 g/mol. The standard InChI is InChI=1S/C18H15N3O2/c1-3-10-4-7-15-12(8-10)16-17(21(15)2)20-13-6-5-11(18(22)23)9-14(13)19-16/h4-9H,3H2,1-2H3,(H,22,23)/p-1. The number of aromatic carboxylic acids is 1. The first-order valence-corrected chi connectivity index (χ1v) is 7.48. The molecule has 0 aliphatic rings. The van der Waals surface area contributed by atoms with Crippen molar-refractivity contribution in [1.82, 2.24) is 14.5 Å². The summed E-state index contributed by atoms with van der Waals surface area (Å²) < 4.78 is 2.02. The summed E-state index contributed by atoms with van der Waals surface area (Å²) in [7, 11) is 1.96. The molecule has 0 spiro atoms. The molecule has 4 aromatic rings. The van der Waals surface area contributed by atoms with E-state index in [1.165, 1.54) is 17.7 Å². The molecule has 2 aromatic heterocycles. The smallest absolute Gasteiger partial charge is 0.160 e. The molecule has 5 heteroatoms. The summed E-state index contributed by atoms with van der Waals surface area (Å²) in [5.74, 6) is -1.21. The number of carboxylic acid groups (broad SMARTS) is 1. The molecule has 0 saturated carbocycles. The Morgan fingerprint density at radius 2 is 1.96 bits per heavy atom. The third kappa shape index (κ3) is 1.97. The van der Waals surface area contributed by atoms with E-state index in [2.05, 4.69) is 35.1 Å². The van der Waals surface area contributed by atoms with Gasteiger partial charge in [0, 0.05) is 12.4 Å². The number of aromatic nitrogens is 3. The fraction of sp³-hybridized carbons (Fsp3) is 0.167. The molecule has 4 rings (SSSR count). The van der Waals surface area contributed by atoms with Gasteiger partial charge in [-0.15, -0.1) is 0 Å². The number of carbonyl (C=O) groups is 1. The average Bonchev–Trinajstić information content (AvgIpc) is 2.84. The van der Waals surface area contributed by atoms with Crippen LogP contribution in [0, 0.1) is 0 Å². The van der Waals surface area contributed by atoms with Crippen LogP contribution in [0.1, 0.15) is 22.8 Å². The first-order valence-electron chi connectivity index (χ1n) is 7.48. The molecule has 0 unspecified atom stereocenters. The van der Waals surface area contributed by atoms with Gasteiger partial charge in [-0.2, -0.15) is 0 Å². The van der Waals surface area contributed by atoms with Crippen LogP contribution in [0.25, 0.3) is 33.1 Å². The lowest BCUT2D eigenvalue weighted by Crippen LogP contribution is -2.22. The second-order valence-corrected chi connectivity index (χ2v) is 5.65. The molecule has 0 bridgehead atoms. The molecule has 0 atom stereocenters. The maximum absolute atomic E-state index is 11.0. The Morgan fingerprint density at radius 1 is 1.13 bits per heavy atom. The molecule has 2 heterocycles.